The van der Waals surface area contributed by atoms with E-state index in [1.807, 2.05) is 18.5 Å². The largest absolute Gasteiger partial charge is 0.377 e. The summed E-state index contributed by atoms with van der Waals surface area (Å²) in [4.78, 5) is 11.4. The average molecular weight is 329 g/mol. The summed E-state index contributed by atoms with van der Waals surface area (Å²) < 4.78 is 5.69. The standard InChI is InChI=1S/C18H23N3OS/c1-15-12-21(8-5-9-22-15)13-17-10-19-18(20-11-17)23-14-16-6-3-2-4-7-16/h2-4,6-7,10-11,15H,5,8-9,12-14H2,1H3. The van der Waals surface area contributed by atoms with Crippen molar-refractivity contribution in [3.63, 3.8) is 0 Å². The van der Waals surface area contributed by atoms with E-state index in [4.69, 9.17) is 4.74 Å². The van der Waals surface area contributed by atoms with E-state index in [-0.39, 0.29) is 0 Å². The molecule has 1 atom stereocenters. The smallest absolute Gasteiger partial charge is 0.187 e. The third-order valence-corrected chi connectivity index (χ3v) is 4.78. The van der Waals surface area contributed by atoms with Gasteiger partial charge in [0.1, 0.15) is 0 Å². The van der Waals surface area contributed by atoms with Crippen LogP contribution in [0.3, 0.4) is 0 Å². The van der Waals surface area contributed by atoms with E-state index in [0.717, 1.165) is 43.6 Å². The minimum Gasteiger partial charge on any atom is -0.377 e. The average Bonchev–Trinajstić information content (AvgIpc) is 2.79. The highest BCUT2D eigenvalue weighted by atomic mass is 32.2. The molecule has 1 saturated heterocycles. The summed E-state index contributed by atoms with van der Waals surface area (Å²) in [5.41, 5.74) is 2.46. The van der Waals surface area contributed by atoms with Crippen LogP contribution < -0.4 is 0 Å². The maximum absolute atomic E-state index is 5.69. The van der Waals surface area contributed by atoms with Gasteiger partial charge < -0.3 is 4.74 Å². The summed E-state index contributed by atoms with van der Waals surface area (Å²) in [6, 6.07) is 10.4. The molecule has 3 rings (SSSR count). The third-order valence-electron chi connectivity index (χ3n) is 3.83. The molecule has 0 amide bonds. The van der Waals surface area contributed by atoms with Crippen LogP contribution >= 0.6 is 11.8 Å². The van der Waals surface area contributed by atoms with Crippen molar-refractivity contribution >= 4 is 11.8 Å². The Bertz CT molecular complexity index is 591. The summed E-state index contributed by atoms with van der Waals surface area (Å²) in [7, 11) is 0. The Morgan fingerprint density at radius 1 is 1.17 bits per heavy atom. The second-order valence-electron chi connectivity index (χ2n) is 5.92. The molecule has 1 aromatic heterocycles. The number of aromatic nitrogens is 2. The number of rotatable bonds is 5. The van der Waals surface area contributed by atoms with Crippen LogP contribution in [0.1, 0.15) is 24.5 Å². The molecule has 2 aromatic rings. The maximum Gasteiger partial charge on any atom is 0.187 e. The van der Waals surface area contributed by atoms with Gasteiger partial charge in [-0.25, -0.2) is 9.97 Å². The molecule has 0 radical (unpaired) electrons. The van der Waals surface area contributed by atoms with Gasteiger partial charge in [0.05, 0.1) is 6.10 Å². The Labute approximate surface area is 142 Å². The minimum absolute atomic E-state index is 0.305. The van der Waals surface area contributed by atoms with E-state index < -0.39 is 0 Å². The van der Waals surface area contributed by atoms with Gasteiger partial charge in [0.15, 0.2) is 5.16 Å². The first-order valence-corrected chi connectivity index (χ1v) is 9.10. The fourth-order valence-corrected chi connectivity index (χ4v) is 3.45. The maximum atomic E-state index is 5.69. The van der Waals surface area contributed by atoms with Crippen LogP contribution in [0.25, 0.3) is 0 Å². The minimum atomic E-state index is 0.305. The van der Waals surface area contributed by atoms with Crippen molar-refractivity contribution in [3.8, 4) is 0 Å². The summed E-state index contributed by atoms with van der Waals surface area (Å²) in [5, 5.41) is 0.838. The van der Waals surface area contributed by atoms with E-state index in [1.165, 1.54) is 11.1 Å². The van der Waals surface area contributed by atoms with Gasteiger partial charge in [0.2, 0.25) is 0 Å². The Kier molecular flexibility index (Phi) is 6.02. The fraction of sp³-hybridized carbons (Fsp3) is 0.444. The molecular formula is C18H23N3OS. The van der Waals surface area contributed by atoms with Gasteiger partial charge >= 0.3 is 0 Å². The normalized spacial score (nSPS) is 19.4. The summed E-state index contributed by atoms with van der Waals surface area (Å²) in [6.45, 7) is 5.96. The van der Waals surface area contributed by atoms with Crippen molar-refractivity contribution in [1.82, 2.24) is 14.9 Å². The van der Waals surface area contributed by atoms with E-state index in [0.29, 0.717) is 6.10 Å². The number of hydrogen-bond acceptors (Lipinski definition) is 5. The van der Waals surface area contributed by atoms with E-state index in [2.05, 4.69) is 46.1 Å². The van der Waals surface area contributed by atoms with Gasteiger partial charge in [-0.3, -0.25) is 4.90 Å². The molecule has 2 heterocycles. The lowest BCUT2D eigenvalue weighted by atomic mass is 10.2. The molecule has 4 nitrogen and oxygen atoms in total. The molecule has 1 aliphatic rings. The van der Waals surface area contributed by atoms with Crippen LogP contribution in [-0.4, -0.2) is 40.7 Å². The van der Waals surface area contributed by atoms with E-state index in [1.54, 1.807) is 11.8 Å². The molecule has 1 aromatic carbocycles. The number of nitrogens with zero attached hydrogens (tertiary/aromatic N) is 3. The van der Waals surface area contributed by atoms with E-state index in [9.17, 15) is 0 Å². The van der Waals surface area contributed by atoms with Crippen LogP contribution in [0.5, 0.6) is 0 Å². The topological polar surface area (TPSA) is 38.2 Å². The second-order valence-corrected chi connectivity index (χ2v) is 6.86. The van der Waals surface area contributed by atoms with Gasteiger partial charge in [-0.05, 0) is 18.9 Å². The van der Waals surface area contributed by atoms with Crippen molar-refractivity contribution in [1.29, 1.82) is 0 Å². The lowest BCUT2D eigenvalue weighted by Crippen LogP contribution is -2.29. The number of thioether (sulfide) groups is 1. The molecule has 0 aliphatic carbocycles. The zero-order valence-corrected chi connectivity index (χ0v) is 14.3. The quantitative estimate of drug-likeness (QED) is 0.621. The van der Waals surface area contributed by atoms with Crippen LogP contribution in [0.15, 0.2) is 47.9 Å². The molecular weight excluding hydrogens is 306 g/mol. The lowest BCUT2D eigenvalue weighted by Gasteiger charge is -2.21. The molecule has 122 valence electrons. The van der Waals surface area contributed by atoms with Crippen molar-refractivity contribution in [3.05, 3.63) is 53.9 Å². The van der Waals surface area contributed by atoms with E-state index >= 15 is 0 Å². The summed E-state index contributed by atoms with van der Waals surface area (Å²) >= 11 is 1.68. The third kappa shape index (κ3) is 5.30. The molecule has 0 N–H and O–H groups in total. The molecule has 0 saturated carbocycles. The first kappa shape index (κ1) is 16.4. The number of benzene rings is 1. The molecule has 0 spiro atoms. The monoisotopic (exact) mass is 329 g/mol. The zero-order chi connectivity index (χ0) is 15.9. The summed E-state index contributed by atoms with van der Waals surface area (Å²) in [6.07, 6.45) is 5.31. The molecule has 1 unspecified atom stereocenters. The van der Waals surface area contributed by atoms with Crippen molar-refractivity contribution in [2.24, 2.45) is 0 Å². The van der Waals surface area contributed by atoms with Crippen molar-refractivity contribution in [2.45, 2.75) is 36.9 Å². The van der Waals surface area contributed by atoms with Gasteiger partial charge in [-0.1, -0.05) is 42.1 Å². The highest BCUT2D eigenvalue weighted by molar-refractivity contribution is 7.98. The molecule has 5 heteroatoms. The van der Waals surface area contributed by atoms with Gasteiger partial charge in [0.25, 0.3) is 0 Å². The SMILES string of the molecule is CC1CN(Cc2cnc(SCc3ccccc3)nc2)CCCO1. The number of ether oxygens (including phenoxy) is 1. The predicted molar refractivity (Wildman–Crippen MR) is 93.3 cm³/mol. The first-order chi connectivity index (χ1) is 11.3. The second kappa shape index (κ2) is 8.43. The highest BCUT2D eigenvalue weighted by Gasteiger charge is 2.15. The van der Waals surface area contributed by atoms with Gasteiger partial charge in [-0.15, -0.1) is 0 Å². The molecule has 1 aliphatic heterocycles. The highest BCUT2D eigenvalue weighted by Crippen LogP contribution is 2.19. The Balaban J connectivity index is 1.52. The Morgan fingerprint density at radius 3 is 2.74 bits per heavy atom. The zero-order valence-electron chi connectivity index (χ0n) is 13.5. The predicted octanol–water partition coefficient (Wildman–Crippen LogP) is 3.38. The van der Waals surface area contributed by atoms with Gasteiger partial charge in [0, 0.05) is 50.0 Å². The molecule has 1 fully saturated rings. The summed E-state index contributed by atoms with van der Waals surface area (Å²) in [5.74, 6) is 0.904. The van der Waals surface area contributed by atoms with Crippen LogP contribution in [0.4, 0.5) is 0 Å². The van der Waals surface area contributed by atoms with Gasteiger partial charge in [-0.2, -0.15) is 0 Å². The molecule has 0 bridgehead atoms. The first-order valence-electron chi connectivity index (χ1n) is 8.11. The Morgan fingerprint density at radius 2 is 1.96 bits per heavy atom. The van der Waals surface area contributed by atoms with Crippen molar-refractivity contribution in [2.75, 3.05) is 19.7 Å². The van der Waals surface area contributed by atoms with Crippen LogP contribution in [-0.2, 0) is 17.0 Å². The lowest BCUT2D eigenvalue weighted by molar-refractivity contribution is 0.0667. The van der Waals surface area contributed by atoms with Crippen LogP contribution in [0.2, 0.25) is 0 Å². The number of hydrogen-bond donors (Lipinski definition) is 0. The fourth-order valence-electron chi connectivity index (χ4n) is 2.70. The molecule has 23 heavy (non-hydrogen) atoms. The Hall–Kier alpha value is -1.43. The van der Waals surface area contributed by atoms with Crippen molar-refractivity contribution < 1.29 is 4.74 Å². The van der Waals surface area contributed by atoms with Crippen LogP contribution in [0, 0.1) is 0 Å².